The fraction of sp³-hybridized carbons (Fsp3) is 0.556. The third kappa shape index (κ3) is 5.44. The zero-order valence-electron chi connectivity index (χ0n) is 14.7. The molecule has 6 nitrogen and oxygen atoms in total. The standard InChI is InChI=1S/C18H25NO5/c1-13(20)23-16-10-14(12-22-15-8-6-5-7-9-15)19(11-16)17(21)24-18(2,3)4/h5-9,14,16H,10-12H2,1-4H3/t14-,16+/m0/s1. The van der Waals surface area contributed by atoms with Gasteiger partial charge in [0.2, 0.25) is 0 Å². The number of esters is 1. The number of nitrogens with zero attached hydrogens (tertiary/aromatic N) is 1. The molecule has 1 aliphatic heterocycles. The maximum absolute atomic E-state index is 12.4. The van der Waals surface area contributed by atoms with Crippen molar-refractivity contribution in [1.29, 1.82) is 0 Å². The predicted molar refractivity (Wildman–Crippen MR) is 88.8 cm³/mol. The van der Waals surface area contributed by atoms with E-state index >= 15 is 0 Å². The SMILES string of the molecule is CC(=O)O[C@@H]1C[C@@H](COc2ccccc2)N(C(=O)OC(C)(C)C)C1. The fourth-order valence-electron chi connectivity index (χ4n) is 2.61. The Kier molecular flexibility index (Phi) is 5.70. The molecule has 0 unspecified atom stereocenters. The van der Waals surface area contributed by atoms with Crippen molar-refractivity contribution >= 4 is 12.1 Å². The van der Waals surface area contributed by atoms with Crippen LogP contribution in [0.15, 0.2) is 30.3 Å². The van der Waals surface area contributed by atoms with Gasteiger partial charge in [0.1, 0.15) is 24.1 Å². The molecule has 1 saturated heterocycles. The first kappa shape index (κ1) is 18.1. The second kappa shape index (κ2) is 7.55. The maximum atomic E-state index is 12.4. The number of ether oxygens (including phenoxy) is 3. The molecule has 1 aromatic rings. The van der Waals surface area contributed by atoms with Gasteiger partial charge in [-0.25, -0.2) is 4.79 Å². The average molecular weight is 335 g/mol. The number of para-hydroxylation sites is 1. The summed E-state index contributed by atoms with van der Waals surface area (Å²) in [7, 11) is 0. The van der Waals surface area contributed by atoms with Crippen molar-refractivity contribution in [3.05, 3.63) is 30.3 Å². The van der Waals surface area contributed by atoms with Crippen molar-refractivity contribution < 1.29 is 23.8 Å². The molecule has 0 spiro atoms. The van der Waals surface area contributed by atoms with Crippen LogP contribution in [-0.2, 0) is 14.3 Å². The van der Waals surface area contributed by atoms with Crippen molar-refractivity contribution in [1.82, 2.24) is 4.90 Å². The highest BCUT2D eigenvalue weighted by molar-refractivity contribution is 5.70. The van der Waals surface area contributed by atoms with Crippen LogP contribution in [-0.4, -0.2) is 47.9 Å². The molecule has 1 aliphatic rings. The molecule has 1 aromatic carbocycles. The van der Waals surface area contributed by atoms with Gasteiger partial charge in [-0.1, -0.05) is 18.2 Å². The Hall–Kier alpha value is -2.24. The lowest BCUT2D eigenvalue weighted by molar-refractivity contribution is -0.145. The summed E-state index contributed by atoms with van der Waals surface area (Å²) in [5.74, 6) is 0.381. The van der Waals surface area contributed by atoms with Gasteiger partial charge in [-0.3, -0.25) is 9.69 Å². The lowest BCUT2D eigenvalue weighted by Crippen LogP contribution is -2.42. The van der Waals surface area contributed by atoms with Crippen molar-refractivity contribution in [2.75, 3.05) is 13.2 Å². The maximum Gasteiger partial charge on any atom is 0.410 e. The monoisotopic (exact) mass is 335 g/mol. The molecule has 0 saturated carbocycles. The number of rotatable bonds is 4. The first-order chi connectivity index (χ1) is 11.2. The second-order valence-corrected chi connectivity index (χ2v) is 6.88. The zero-order chi connectivity index (χ0) is 17.7. The van der Waals surface area contributed by atoms with Gasteiger partial charge in [-0.2, -0.15) is 0 Å². The number of likely N-dealkylation sites (tertiary alicyclic amines) is 1. The molecule has 0 aromatic heterocycles. The number of hydrogen-bond acceptors (Lipinski definition) is 5. The van der Waals surface area contributed by atoms with E-state index in [0.717, 1.165) is 5.75 Å². The zero-order valence-corrected chi connectivity index (χ0v) is 14.7. The second-order valence-electron chi connectivity index (χ2n) is 6.88. The Morgan fingerprint density at radius 1 is 1.21 bits per heavy atom. The van der Waals surface area contributed by atoms with Crippen LogP contribution in [0, 0.1) is 0 Å². The highest BCUT2D eigenvalue weighted by Gasteiger charge is 2.39. The largest absolute Gasteiger partial charge is 0.491 e. The van der Waals surface area contributed by atoms with Gasteiger partial charge in [0.05, 0.1) is 12.6 Å². The molecule has 0 aliphatic carbocycles. The van der Waals surface area contributed by atoms with Crippen LogP contribution in [0.5, 0.6) is 5.75 Å². The molecule has 2 atom stereocenters. The van der Waals surface area contributed by atoms with Crippen LogP contribution in [0.3, 0.4) is 0 Å². The molecular formula is C18H25NO5. The summed E-state index contributed by atoms with van der Waals surface area (Å²) in [6.07, 6.45) is -0.218. The average Bonchev–Trinajstić information content (AvgIpc) is 2.86. The van der Waals surface area contributed by atoms with Gasteiger partial charge >= 0.3 is 12.1 Å². The van der Waals surface area contributed by atoms with E-state index in [1.807, 2.05) is 51.1 Å². The first-order valence-corrected chi connectivity index (χ1v) is 8.09. The molecule has 1 heterocycles. The lowest BCUT2D eigenvalue weighted by atomic mass is 10.2. The summed E-state index contributed by atoms with van der Waals surface area (Å²) in [5, 5.41) is 0. The lowest BCUT2D eigenvalue weighted by Gasteiger charge is -2.28. The molecule has 1 fully saturated rings. The topological polar surface area (TPSA) is 65.1 Å². The molecule has 2 rings (SSSR count). The minimum Gasteiger partial charge on any atom is -0.491 e. The number of hydrogen-bond donors (Lipinski definition) is 0. The number of carbonyl (C=O) groups is 2. The summed E-state index contributed by atoms with van der Waals surface area (Å²) in [5.41, 5.74) is -0.582. The predicted octanol–water partition coefficient (Wildman–Crippen LogP) is 3.01. The molecule has 0 bridgehead atoms. The van der Waals surface area contributed by atoms with Crippen LogP contribution < -0.4 is 4.74 Å². The minimum absolute atomic E-state index is 0.204. The van der Waals surface area contributed by atoms with E-state index in [1.54, 1.807) is 4.90 Å². The Morgan fingerprint density at radius 2 is 1.88 bits per heavy atom. The third-order valence-corrected chi connectivity index (χ3v) is 3.52. The van der Waals surface area contributed by atoms with Gasteiger partial charge in [0.25, 0.3) is 0 Å². The number of benzene rings is 1. The summed E-state index contributed by atoms with van der Waals surface area (Å²) >= 11 is 0. The van der Waals surface area contributed by atoms with E-state index in [-0.39, 0.29) is 18.1 Å². The molecule has 24 heavy (non-hydrogen) atoms. The molecule has 0 radical (unpaired) electrons. The van der Waals surface area contributed by atoms with Crippen LogP contribution in [0.2, 0.25) is 0 Å². The van der Waals surface area contributed by atoms with E-state index in [9.17, 15) is 9.59 Å². The third-order valence-electron chi connectivity index (χ3n) is 3.52. The van der Waals surface area contributed by atoms with Crippen molar-refractivity contribution in [2.45, 2.75) is 51.9 Å². The van der Waals surface area contributed by atoms with E-state index < -0.39 is 11.7 Å². The van der Waals surface area contributed by atoms with Crippen LogP contribution >= 0.6 is 0 Å². The van der Waals surface area contributed by atoms with E-state index in [2.05, 4.69) is 0 Å². The normalized spacial score (nSPS) is 20.6. The Balaban J connectivity index is 2.02. The summed E-state index contributed by atoms with van der Waals surface area (Å²) < 4.78 is 16.5. The van der Waals surface area contributed by atoms with Crippen molar-refractivity contribution in [2.24, 2.45) is 0 Å². The van der Waals surface area contributed by atoms with Crippen LogP contribution in [0.4, 0.5) is 4.79 Å². The Labute approximate surface area is 142 Å². The molecule has 0 N–H and O–H groups in total. The van der Waals surface area contributed by atoms with E-state index in [0.29, 0.717) is 19.6 Å². The quantitative estimate of drug-likeness (QED) is 0.792. The van der Waals surface area contributed by atoms with Gasteiger partial charge in [-0.05, 0) is 32.9 Å². The first-order valence-electron chi connectivity index (χ1n) is 8.09. The minimum atomic E-state index is -0.582. The van der Waals surface area contributed by atoms with Gasteiger partial charge < -0.3 is 14.2 Å². The van der Waals surface area contributed by atoms with Gasteiger partial charge in [-0.15, -0.1) is 0 Å². The highest BCUT2D eigenvalue weighted by Crippen LogP contribution is 2.24. The summed E-state index contributed by atoms with van der Waals surface area (Å²) in [6, 6.07) is 9.19. The summed E-state index contributed by atoms with van der Waals surface area (Å²) in [4.78, 5) is 25.2. The molecule has 132 valence electrons. The van der Waals surface area contributed by atoms with Crippen molar-refractivity contribution in [3.63, 3.8) is 0 Å². The molecular weight excluding hydrogens is 310 g/mol. The fourth-order valence-corrected chi connectivity index (χ4v) is 2.61. The Morgan fingerprint density at radius 3 is 2.46 bits per heavy atom. The number of carbonyl (C=O) groups excluding carboxylic acids is 2. The van der Waals surface area contributed by atoms with E-state index in [4.69, 9.17) is 14.2 Å². The molecule has 6 heteroatoms. The highest BCUT2D eigenvalue weighted by atomic mass is 16.6. The molecule has 1 amide bonds. The van der Waals surface area contributed by atoms with E-state index in [1.165, 1.54) is 6.92 Å². The summed E-state index contributed by atoms with van der Waals surface area (Å²) in [6.45, 7) is 7.46. The smallest absolute Gasteiger partial charge is 0.410 e. The van der Waals surface area contributed by atoms with Crippen molar-refractivity contribution in [3.8, 4) is 5.75 Å². The number of amides is 1. The van der Waals surface area contributed by atoms with Crippen LogP contribution in [0.1, 0.15) is 34.1 Å². The van der Waals surface area contributed by atoms with Crippen LogP contribution in [0.25, 0.3) is 0 Å². The van der Waals surface area contributed by atoms with Gasteiger partial charge in [0, 0.05) is 13.3 Å². The van der Waals surface area contributed by atoms with Gasteiger partial charge in [0.15, 0.2) is 0 Å². The Bertz CT molecular complexity index is 567.